The van der Waals surface area contributed by atoms with Crippen LogP contribution in [0.15, 0.2) is 182 Å². The van der Waals surface area contributed by atoms with E-state index in [1.165, 1.54) is 109 Å². The first-order valence-corrected chi connectivity index (χ1v) is 18.0. The van der Waals surface area contributed by atoms with Gasteiger partial charge in [0.2, 0.25) is 0 Å². The van der Waals surface area contributed by atoms with Gasteiger partial charge in [0.25, 0.3) is 0 Å². The van der Waals surface area contributed by atoms with Crippen molar-refractivity contribution in [3.8, 4) is 27.9 Å². The van der Waals surface area contributed by atoms with E-state index < -0.39 is 0 Å². The van der Waals surface area contributed by atoms with Crippen molar-refractivity contribution in [1.29, 1.82) is 0 Å². The lowest BCUT2D eigenvalue weighted by Gasteiger charge is -2.12. The molecule has 0 amide bonds. The number of aromatic nitrogens is 2. The maximum Gasteiger partial charge on any atom is 0.0625 e. The van der Waals surface area contributed by atoms with Gasteiger partial charge in [-0.25, -0.2) is 0 Å². The molecule has 0 saturated heterocycles. The summed E-state index contributed by atoms with van der Waals surface area (Å²) >= 11 is 0. The van der Waals surface area contributed by atoms with Gasteiger partial charge in [-0.05, 0) is 104 Å². The summed E-state index contributed by atoms with van der Waals surface area (Å²) in [6.45, 7) is 0. The Kier molecular flexibility index (Phi) is 5.53. The van der Waals surface area contributed by atoms with Crippen molar-refractivity contribution in [2.75, 3.05) is 0 Å². The van der Waals surface area contributed by atoms with E-state index in [1.807, 2.05) is 0 Å². The number of fused-ring (bicyclic) bond motifs is 10. The molecule has 3 heterocycles. The van der Waals surface area contributed by atoms with Crippen LogP contribution in [0.3, 0.4) is 0 Å². The van der Waals surface area contributed by atoms with Crippen molar-refractivity contribution in [3.05, 3.63) is 182 Å². The standard InChI is InChI=1S/C50H30N2/c1-2-12-38(13-3-1)51-46-24-20-35(34-18-17-31-9-4-5-10-33(31)27-34)29-43(46)44-30-37(21-25-47(44)51)36-22-26-48-42(28-36)41-23-19-32-11-8-15-40-39-14-6-7-16-45(39)52(48)50(41)49(32)40/h1-30H. The summed E-state index contributed by atoms with van der Waals surface area (Å²) < 4.78 is 4.90. The maximum atomic E-state index is 2.49. The molecule has 0 aliphatic heterocycles. The van der Waals surface area contributed by atoms with Gasteiger partial charge in [-0.3, -0.25) is 0 Å². The lowest BCUT2D eigenvalue weighted by atomic mass is 9.97. The van der Waals surface area contributed by atoms with Crippen LogP contribution in [0.25, 0.3) is 109 Å². The molecule has 12 aromatic rings. The molecule has 0 spiro atoms. The summed E-state index contributed by atoms with van der Waals surface area (Å²) in [4.78, 5) is 0. The predicted molar refractivity (Wildman–Crippen MR) is 221 cm³/mol. The lowest BCUT2D eigenvalue weighted by molar-refractivity contribution is 1.18. The lowest BCUT2D eigenvalue weighted by Crippen LogP contribution is -1.93. The molecule has 0 aliphatic carbocycles. The van der Waals surface area contributed by atoms with Gasteiger partial charge in [-0.1, -0.05) is 121 Å². The van der Waals surface area contributed by atoms with E-state index in [4.69, 9.17) is 0 Å². The van der Waals surface area contributed by atoms with Gasteiger partial charge in [0, 0.05) is 38.0 Å². The molecule has 0 aliphatic rings. The van der Waals surface area contributed by atoms with Crippen molar-refractivity contribution in [2.45, 2.75) is 0 Å². The van der Waals surface area contributed by atoms with Crippen molar-refractivity contribution in [1.82, 2.24) is 8.97 Å². The van der Waals surface area contributed by atoms with Crippen molar-refractivity contribution in [3.63, 3.8) is 0 Å². The van der Waals surface area contributed by atoms with Crippen LogP contribution in [-0.2, 0) is 0 Å². The fraction of sp³-hybridized carbons (Fsp3) is 0. The van der Waals surface area contributed by atoms with Crippen LogP contribution in [0.4, 0.5) is 0 Å². The van der Waals surface area contributed by atoms with E-state index in [2.05, 4.69) is 191 Å². The van der Waals surface area contributed by atoms with E-state index in [0.29, 0.717) is 0 Å². The van der Waals surface area contributed by atoms with Gasteiger partial charge in [-0.2, -0.15) is 0 Å². The number of nitrogens with zero attached hydrogens (tertiary/aromatic N) is 2. The van der Waals surface area contributed by atoms with E-state index in [-0.39, 0.29) is 0 Å². The van der Waals surface area contributed by atoms with Crippen LogP contribution >= 0.6 is 0 Å². The molecule has 240 valence electrons. The third-order valence-corrected chi connectivity index (χ3v) is 11.4. The third kappa shape index (κ3) is 3.78. The summed E-state index contributed by atoms with van der Waals surface area (Å²) in [5.41, 5.74) is 12.3. The molecule has 3 aromatic heterocycles. The summed E-state index contributed by atoms with van der Waals surface area (Å²) in [6.07, 6.45) is 0. The first kappa shape index (κ1) is 27.9. The number of para-hydroxylation sites is 2. The molecule has 2 nitrogen and oxygen atoms in total. The molecule has 0 saturated carbocycles. The minimum absolute atomic E-state index is 1.17. The van der Waals surface area contributed by atoms with Crippen molar-refractivity contribution >= 4 is 81.4 Å². The Morgan fingerprint density at radius 1 is 0.288 bits per heavy atom. The Hall–Kier alpha value is -6.90. The summed E-state index contributed by atoms with van der Waals surface area (Å²) in [6, 6.07) is 67.3. The van der Waals surface area contributed by atoms with Crippen LogP contribution in [0.2, 0.25) is 0 Å². The van der Waals surface area contributed by atoms with Gasteiger partial charge in [-0.15, -0.1) is 0 Å². The van der Waals surface area contributed by atoms with E-state index in [0.717, 1.165) is 0 Å². The van der Waals surface area contributed by atoms with Crippen LogP contribution in [0.1, 0.15) is 0 Å². The van der Waals surface area contributed by atoms with Gasteiger partial charge in [0.05, 0.1) is 27.6 Å². The minimum atomic E-state index is 1.17. The SMILES string of the molecule is c1ccc(-n2c3ccc(-c4ccc5ccccc5c4)cc3c3cc(-c4ccc5c(c4)c4ccc6cccc7c8ccccc8n5c4c67)ccc32)cc1. The second-order valence-corrected chi connectivity index (χ2v) is 14.1. The van der Waals surface area contributed by atoms with Gasteiger partial charge >= 0.3 is 0 Å². The Bertz CT molecular complexity index is 3380. The monoisotopic (exact) mass is 658 g/mol. The average molecular weight is 659 g/mol. The number of hydrogen-bond acceptors (Lipinski definition) is 0. The first-order chi connectivity index (χ1) is 25.8. The van der Waals surface area contributed by atoms with Crippen LogP contribution < -0.4 is 0 Å². The highest BCUT2D eigenvalue weighted by molar-refractivity contribution is 6.28. The zero-order valence-electron chi connectivity index (χ0n) is 28.2. The largest absolute Gasteiger partial charge is 0.309 e. The highest BCUT2D eigenvalue weighted by atomic mass is 15.0. The quantitative estimate of drug-likeness (QED) is 0.132. The van der Waals surface area contributed by atoms with E-state index in [1.54, 1.807) is 0 Å². The Morgan fingerprint density at radius 3 is 1.60 bits per heavy atom. The molecule has 0 bridgehead atoms. The molecular formula is C50H30N2. The number of pyridine rings is 1. The molecule has 0 unspecified atom stereocenters. The molecule has 0 atom stereocenters. The van der Waals surface area contributed by atoms with Crippen molar-refractivity contribution < 1.29 is 0 Å². The van der Waals surface area contributed by atoms with Crippen LogP contribution in [-0.4, -0.2) is 8.97 Å². The zero-order chi connectivity index (χ0) is 33.9. The summed E-state index contributed by atoms with van der Waals surface area (Å²) in [5.74, 6) is 0. The zero-order valence-corrected chi connectivity index (χ0v) is 28.2. The molecule has 0 N–H and O–H groups in total. The molecule has 0 radical (unpaired) electrons. The molecule has 12 rings (SSSR count). The highest BCUT2D eigenvalue weighted by Gasteiger charge is 2.19. The third-order valence-electron chi connectivity index (χ3n) is 11.4. The summed E-state index contributed by atoms with van der Waals surface area (Å²) in [7, 11) is 0. The predicted octanol–water partition coefficient (Wildman–Crippen LogP) is 13.6. The van der Waals surface area contributed by atoms with Crippen LogP contribution in [0, 0.1) is 0 Å². The normalized spacial score (nSPS) is 12.2. The Balaban J connectivity index is 1.10. The maximum absolute atomic E-state index is 2.49. The molecule has 9 aromatic carbocycles. The Morgan fingerprint density at radius 2 is 0.827 bits per heavy atom. The number of rotatable bonds is 3. The van der Waals surface area contributed by atoms with Crippen LogP contribution in [0.5, 0.6) is 0 Å². The topological polar surface area (TPSA) is 9.34 Å². The molecular weight excluding hydrogens is 629 g/mol. The highest BCUT2D eigenvalue weighted by Crippen LogP contribution is 2.43. The fourth-order valence-electron chi connectivity index (χ4n) is 9.03. The summed E-state index contributed by atoms with van der Waals surface area (Å²) in [5, 5.41) is 12.8. The Labute approximate surface area is 299 Å². The number of benzene rings is 9. The average Bonchev–Trinajstić information content (AvgIpc) is 3.73. The minimum Gasteiger partial charge on any atom is -0.309 e. The van der Waals surface area contributed by atoms with E-state index in [9.17, 15) is 0 Å². The van der Waals surface area contributed by atoms with Gasteiger partial charge in [0.15, 0.2) is 0 Å². The second-order valence-electron chi connectivity index (χ2n) is 14.1. The van der Waals surface area contributed by atoms with E-state index >= 15 is 0 Å². The first-order valence-electron chi connectivity index (χ1n) is 18.0. The van der Waals surface area contributed by atoms with Gasteiger partial charge < -0.3 is 8.97 Å². The molecule has 52 heavy (non-hydrogen) atoms. The van der Waals surface area contributed by atoms with Gasteiger partial charge in [0.1, 0.15) is 0 Å². The van der Waals surface area contributed by atoms with Crippen molar-refractivity contribution in [2.24, 2.45) is 0 Å². The number of hydrogen-bond donors (Lipinski definition) is 0. The molecule has 0 fully saturated rings. The second kappa shape index (κ2) is 10.3. The molecule has 2 heteroatoms. The smallest absolute Gasteiger partial charge is 0.0625 e. The fourth-order valence-corrected chi connectivity index (χ4v) is 9.03.